The molecular formula is C25H28FN3O2. The van der Waals surface area contributed by atoms with Crippen molar-refractivity contribution in [2.45, 2.75) is 31.2 Å². The number of amides is 1. The number of para-hydroxylation sites is 1. The number of carbonyl (C=O) groups is 1. The summed E-state index contributed by atoms with van der Waals surface area (Å²) in [7, 11) is 0. The van der Waals surface area contributed by atoms with Crippen molar-refractivity contribution in [1.82, 2.24) is 14.8 Å². The number of carbonyl (C=O) groups excluding carboxylic acids is 1. The lowest BCUT2D eigenvalue weighted by atomic mass is 9.78. The molecule has 5 nitrogen and oxygen atoms in total. The summed E-state index contributed by atoms with van der Waals surface area (Å²) in [5.41, 5.74) is 2.93. The summed E-state index contributed by atoms with van der Waals surface area (Å²) in [6, 6.07) is 14.8. The number of rotatable bonds is 6. The Kier molecular flexibility index (Phi) is 5.40. The van der Waals surface area contributed by atoms with Gasteiger partial charge in [-0.15, -0.1) is 0 Å². The minimum Gasteiger partial charge on any atom is -0.494 e. The van der Waals surface area contributed by atoms with Crippen LogP contribution in [0.5, 0.6) is 5.75 Å². The SMILES string of the molecule is O=CN1CCc2c([nH]c3ccc(F)cc23)C12CCN(CCCOc1ccccc1)CC2. The summed E-state index contributed by atoms with van der Waals surface area (Å²) >= 11 is 0. The van der Waals surface area contributed by atoms with Crippen molar-refractivity contribution in [3.05, 3.63) is 65.6 Å². The summed E-state index contributed by atoms with van der Waals surface area (Å²) in [6.45, 7) is 4.22. The van der Waals surface area contributed by atoms with Crippen LogP contribution in [0.1, 0.15) is 30.5 Å². The summed E-state index contributed by atoms with van der Waals surface area (Å²) in [5.74, 6) is 0.695. The third-order valence-corrected chi connectivity index (χ3v) is 6.93. The Bertz CT molecular complexity index is 1060. The first-order chi connectivity index (χ1) is 15.2. The Labute approximate surface area is 181 Å². The van der Waals surface area contributed by atoms with Gasteiger partial charge in [-0.2, -0.15) is 0 Å². The number of aromatic nitrogens is 1. The number of ether oxygens (including phenoxy) is 1. The summed E-state index contributed by atoms with van der Waals surface area (Å²) in [6.07, 6.45) is 4.50. The molecule has 2 aliphatic rings. The van der Waals surface area contributed by atoms with E-state index in [0.717, 1.165) is 74.1 Å². The second-order valence-electron chi connectivity index (χ2n) is 8.61. The number of H-pyrrole nitrogens is 1. The number of piperidine rings is 1. The van der Waals surface area contributed by atoms with Gasteiger partial charge in [-0.1, -0.05) is 18.2 Å². The zero-order valence-electron chi connectivity index (χ0n) is 17.6. The average Bonchev–Trinajstić information content (AvgIpc) is 3.18. The summed E-state index contributed by atoms with van der Waals surface area (Å²) in [4.78, 5) is 19.9. The van der Waals surface area contributed by atoms with Gasteiger partial charge in [-0.25, -0.2) is 4.39 Å². The highest BCUT2D eigenvalue weighted by Crippen LogP contribution is 2.44. The first-order valence-corrected chi connectivity index (χ1v) is 11.1. The number of hydrogen-bond donors (Lipinski definition) is 1. The van der Waals surface area contributed by atoms with Crippen LogP contribution in [0.2, 0.25) is 0 Å². The van der Waals surface area contributed by atoms with Crippen molar-refractivity contribution in [2.24, 2.45) is 0 Å². The van der Waals surface area contributed by atoms with Crippen LogP contribution >= 0.6 is 0 Å². The van der Waals surface area contributed by atoms with E-state index in [-0.39, 0.29) is 11.4 Å². The maximum Gasteiger partial charge on any atom is 0.210 e. The molecule has 31 heavy (non-hydrogen) atoms. The number of nitrogens with one attached hydrogen (secondary N) is 1. The highest BCUT2D eigenvalue weighted by molar-refractivity contribution is 5.85. The van der Waals surface area contributed by atoms with E-state index in [0.29, 0.717) is 13.2 Å². The highest BCUT2D eigenvalue weighted by atomic mass is 19.1. The smallest absolute Gasteiger partial charge is 0.210 e. The van der Waals surface area contributed by atoms with Gasteiger partial charge in [-0.3, -0.25) is 4.79 Å². The molecule has 2 aromatic carbocycles. The van der Waals surface area contributed by atoms with Crippen LogP contribution in [0.4, 0.5) is 4.39 Å². The first kappa shape index (κ1) is 20.1. The van der Waals surface area contributed by atoms with E-state index in [4.69, 9.17) is 4.74 Å². The van der Waals surface area contributed by atoms with Gasteiger partial charge in [0.05, 0.1) is 12.1 Å². The maximum atomic E-state index is 13.9. The van der Waals surface area contributed by atoms with Crippen LogP contribution in [-0.4, -0.2) is 54.0 Å². The molecule has 1 N–H and O–H groups in total. The normalized spacial score (nSPS) is 18.3. The second kappa shape index (κ2) is 8.35. The monoisotopic (exact) mass is 421 g/mol. The Balaban J connectivity index is 1.27. The van der Waals surface area contributed by atoms with E-state index in [1.54, 1.807) is 6.07 Å². The second-order valence-corrected chi connectivity index (χ2v) is 8.61. The van der Waals surface area contributed by atoms with Gasteiger partial charge in [0.1, 0.15) is 11.6 Å². The molecule has 1 spiro atoms. The van der Waals surface area contributed by atoms with E-state index in [2.05, 4.69) is 9.88 Å². The molecule has 3 aromatic rings. The third kappa shape index (κ3) is 3.69. The summed E-state index contributed by atoms with van der Waals surface area (Å²) < 4.78 is 19.7. The molecule has 0 atom stereocenters. The molecule has 162 valence electrons. The van der Waals surface area contributed by atoms with Gasteiger partial charge in [0.15, 0.2) is 0 Å². The van der Waals surface area contributed by atoms with Crippen LogP contribution in [0.3, 0.4) is 0 Å². The standard InChI is InChI=1S/C25H28FN3O2/c26-19-7-8-23-22(17-19)21-9-13-29(18-30)25(24(21)27-23)10-14-28(15-11-25)12-4-16-31-20-5-2-1-3-6-20/h1-3,5-8,17-18,27H,4,9-16H2. The molecule has 1 aromatic heterocycles. The molecule has 5 rings (SSSR count). The van der Waals surface area contributed by atoms with Crippen molar-refractivity contribution in [3.63, 3.8) is 0 Å². The molecule has 2 aliphatic heterocycles. The zero-order chi connectivity index (χ0) is 21.3. The topological polar surface area (TPSA) is 48.6 Å². The van der Waals surface area contributed by atoms with Crippen LogP contribution < -0.4 is 4.74 Å². The van der Waals surface area contributed by atoms with Crippen LogP contribution in [0, 0.1) is 5.82 Å². The molecule has 0 bridgehead atoms. The first-order valence-electron chi connectivity index (χ1n) is 11.1. The number of nitrogens with zero attached hydrogens (tertiary/aromatic N) is 2. The molecule has 0 saturated carbocycles. The predicted molar refractivity (Wildman–Crippen MR) is 119 cm³/mol. The lowest BCUT2D eigenvalue weighted by Crippen LogP contribution is -2.55. The largest absolute Gasteiger partial charge is 0.494 e. The Hall–Kier alpha value is -2.86. The fourth-order valence-electron chi connectivity index (χ4n) is 5.30. The molecule has 1 amide bonds. The Morgan fingerprint density at radius 1 is 1.10 bits per heavy atom. The van der Waals surface area contributed by atoms with Gasteiger partial charge in [0, 0.05) is 42.8 Å². The number of likely N-dealkylation sites (tertiary alicyclic amines) is 1. The molecule has 3 heterocycles. The van der Waals surface area contributed by atoms with Crippen LogP contribution in [0.25, 0.3) is 10.9 Å². The number of aromatic amines is 1. The predicted octanol–water partition coefficient (Wildman–Crippen LogP) is 4.08. The molecule has 1 saturated heterocycles. The molecule has 1 fully saturated rings. The van der Waals surface area contributed by atoms with Crippen LogP contribution in [0.15, 0.2) is 48.5 Å². The van der Waals surface area contributed by atoms with Crippen molar-refractivity contribution >= 4 is 17.3 Å². The van der Waals surface area contributed by atoms with E-state index in [1.807, 2.05) is 41.3 Å². The van der Waals surface area contributed by atoms with Gasteiger partial charge in [0.25, 0.3) is 0 Å². The van der Waals surface area contributed by atoms with Crippen molar-refractivity contribution in [3.8, 4) is 5.75 Å². The maximum absolute atomic E-state index is 13.9. The number of halogens is 1. The number of hydrogen-bond acceptors (Lipinski definition) is 3. The van der Waals surface area contributed by atoms with Crippen LogP contribution in [-0.2, 0) is 16.8 Å². The molecule has 0 radical (unpaired) electrons. The third-order valence-electron chi connectivity index (χ3n) is 6.93. The van der Waals surface area contributed by atoms with Gasteiger partial charge in [0.2, 0.25) is 6.41 Å². The quantitative estimate of drug-likeness (QED) is 0.482. The van der Waals surface area contributed by atoms with Gasteiger partial charge < -0.3 is 19.5 Å². The number of fused-ring (bicyclic) bond motifs is 4. The van der Waals surface area contributed by atoms with Crippen molar-refractivity contribution in [1.29, 1.82) is 0 Å². The zero-order valence-corrected chi connectivity index (χ0v) is 17.6. The van der Waals surface area contributed by atoms with Gasteiger partial charge in [-0.05, 0) is 61.6 Å². The lowest BCUT2D eigenvalue weighted by molar-refractivity contribution is -0.127. The minimum atomic E-state index is -0.318. The van der Waals surface area contributed by atoms with E-state index >= 15 is 0 Å². The fourth-order valence-corrected chi connectivity index (χ4v) is 5.30. The number of benzene rings is 2. The molecule has 0 unspecified atom stereocenters. The van der Waals surface area contributed by atoms with E-state index < -0.39 is 0 Å². The highest BCUT2D eigenvalue weighted by Gasteiger charge is 2.46. The van der Waals surface area contributed by atoms with Crippen molar-refractivity contribution in [2.75, 3.05) is 32.8 Å². The molecule has 6 heteroatoms. The molecular weight excluding hydrogens is 393 g/mol. The van der Waals surface area contributed by atoms with E-state index in [1.165, 1.54) is 11.6 Å². The fraction of sp³-hybridized carbons (Fsp3) is 0.400. The Morgan fingerprint density at radius 2 is 1.90 bits per heavy atom. The molecule has 0 aliphatic carbocycles. The minimum absolute atomic E-state index is 0.214. The summed E-state index contributed by atoms with van der Waals surface area (Å²) in [5, 5.41) is 0.959. The van der Waals surface area contributed by atoms with Gasteiger partial charge >= 0.3 is 0 Å². The lowest BCUT2D eigenvalue weighted by Gasteiger charge is -2.49. The Morgan fingerprint density at radius 3 is 2.68 bits per heavy atom. The van der Waals surface area contributed by atoms with E-state index in [9.17, 15) is 9.18 Å². The van der Waals surface area contributed by atoms with Crippen molar-refractivity contribution < 1.29 is 13.9 Å². The average molecular weight is 422 g/mol.